The maximum atomic E-state index is 5.46. The number of hydrogen-bond acceptors (Lipinski definition) is 3. The molecule has 0 N–H and O–H groups in total. The van der Waals surface area contributed by atoms with Crippen molar-refractivity contribution in [2.24, 2.45) is 0 Å². The van der Waals surface area contributed by atoms with E-state index in [-0.39, 0.29) is 0 Å². The predicted octanol–water partition coefficient (Wildman–Crippen LogP) is 14.5. The number of hydrogen-bond donors (Lipinski definition) is 0. The van der Waals surface area contributed by atoms with Gasteiger partial charge in [0.1, 0.15) is 0 Å². The van der Waals surface area contributed by atoms with Gasteiger partial charge in [-0.05, 0) is 125 Å². The number of allylic oxidation sites excluding steroid dienone is 1. The van der Waals surface area contributed by atoms with Crippen molar-refractivity contribution in [2.75, 3.05) is 0 Å². The van der Waals surface area contributed by atoms with Gasteiger partial charge in [0, 0.05) is 34.1 Å². The molecule has 0 saturated carbocycles. The van der Waals surface area contributed by atoms with Crippen LogP contribution in [0.2, 0.25) is 0 Å². The fraction of sp³-hybridized carbons (Fsp3) is 0.0556. The van der Waals surface area contributed by atoms with Crippen LogP contribution < -0.4 is 0 Å². The summed E-state index contributed by atoms with van der Waals surface area (Å²) in [5, 5.41) is 14.9. The van der Waals surface area contributed by atoms with Gasteiger partial charge in [-0.1, -0.05) is 134 Å². The standard InChI is InChI=1S/C54H35N3/c1-32-9-6-16-48-49(32)50-43-13-4-2-11-41(43)42-12-3-5-14-44(42)51(50)52(57-48)35-21-17-33(18-22-35)36-23-19-34-20-24-37-29-38(25-26-40(37)46(34)30-36)47-31-39-10-7-27-55-53(39)54-45(47)15-8-28-56-54/h2-8,10-32H,9H2,1H3. The molecule has 1 atom stereocenters. The van der Waals surface area contributed by atoms with E-state index < -0.39 is 0 Å². The average molecular weight is 726 g/mol. The number of benzene rings is 8. The molecule has 3 aromatic heterocycles. The van der Waals surface area contributed by atoms with E-state index in [1.165, 1.54) is 81.7 Å². The Morgan fingerprint density at radius 2 is 1.11 bits per heavy atom. The number of aromatic nitrogens is 3. The van der Waals surface area contributed by atoms with Crippen molar-refractivity contribution in [3.05, 3.63) is 181 Å². The van der Waals surface area contributed by atoms with Gasteiger partial charge in [-0.3, -0.25) is 9.97 Å². The molecule has 11 aromatic rings. The van der Waals surface area contributed by atoms with Crippen LogP contribution in [0.3, 0.4) is 0 Å². The van der Waals surface area contributed by atoms with E-state index >= 15 is 0 Å². The Bertz CT molecular complexity index is 3510. The Hall–Kier alpha value is -7.23. The van der Waals surface area contributed by atoms with Crippen molar-refractivity contribution in [1.82, 2.24) is 15.0 Å². The molecule has 12 rings (SSSR count). The van der Waals surface area contributed by atoms with Gasteiger partial charge < -0.3 is 0 Å². The lowest BCUT2D eigenvalue weighted by molar-refractivity contribution is 0.773. The van der Waals surface area contributed by atoms with Gasteiger partial charge >= 0.3 is 0 Å². The molecule has 0 bridgehead atoms. The summed E-state index contributed by atoms with van der Waals surface area (Å²) in [5.41, 5.74) is 11.2. The first kappa shape index (κ1) is 32.1. The average Bonchev–Trinajstić information content (AvgIpc) is 3.28. The highest BCUT2D eigenvalue weighted by Crippen LogP contribution is 2.46. The van der Waals surface area contributed by atoms with E-state index in [0.29, 0.717) is 5.92 Å². The highest BCUT2D eigenvalue weighted by Gasteiger charge is 2.24. The molecule has 0 aliphatic heterocycles. The van der Waals surface area contributed by atoms with Crippen LogP contribution in [0.4, 0.5) is 0 Å². The molecule has 8 aromatic carbocycles. The van der Waals surface area contributed by atoms with Crippen molar-refractivity contribution < 1.29 is 0 Å². The highest BCUT2D eigenvalue weighted by molar-refractivity contribution is 6.29. The zero-order valence-corrected chi connectivity index (χ0v) is 31.4. The van der Waals surface area contributed by atoms with E-state index in [4.69, 9.17) is 9.97 Å². The summed E-state index contributed by atoms with van der Waals surface area (Å²) in [4.78, 5) is 14.9. The maximum Gasteiger partial charge on any atom is 0.0970 e. The van der Waals surface area contributed by atoms with E-state index in [1.807, 2.05) is 24.5 Å². The predicted molar refractivity (Wildman–Crippen MR) is 241 cm³/mol. The van der Waals surface area contributed by atoms with Crippen LogP contribution in [0.5, 0.6) is 0 Å². The molecule has 0 radical (unpaired) electrons. The monoisotopic (exact) mass is 725 g/mol. The first-order chi connectivity index (χ1) is 28.2. The van der Waals surface area contributed by atoms with E-state index in [2.05, 4.69) is 164 Å². The van der Waals surface area contributed by atoms with Crippen LogP contribution in [0.25, 0.3) is 115 Å². The summed E-state index contributed by atoms with van der Waals surface area (Å²) < 4.78 is 0. The van der Waals surface area contributed by atoms with Crippen LogP contribution in [-0.2, 0) is 0 Å². The normalized spacial score (nSPS) is 14.1. The summed E-state index contributed by atoms with van der Waals surface area (Å²) in [7, 11) is 0. The van der Waals surface area contributed by atoms with Gasteiger partial charge in [0.15, 0.2) is 0 Å². The van der Waals surface area contributed by atoms with E-state index in [0.717, 1.165) is 45.2 Å². The molecular weight excluding hydrogens is 691 g/mol. The minimum absolute atomic E-state index is 0.394. The molecule has 0 fully saturated rings. The molecule has 1 aliphatic carbocycles. The molecule has 3 nitrogen and oxygen atoms in total. The largest absolute Gasteiger partial charge is 0.254 e. The third-order valence-corrected chi connectivity index (χ3v) is 12.3. The van der Waals surface area contributed by atoms with Gasteiger partial charge in [0.2, 0.25) is 0 Å². The molecule has 3 heterocycles. The number of rotatable bonds is 3. The van der Waals surface area contributed by atoms with Crippen LogP contribution >= 0.6 is 0 Å². The van der Waals surface area contributed by atoms with Crippen molar-refractivity contribution >= 4 is 81.7 Å². The minimum atomic E-state index is 0.394. The quantitative estimate of drug-likeness (QED) is 0.170. The molecule has 1 unspecified atom stereocenters. The van der Waals surface area contributed by atoms with Gasteiger partial charge in [-0.15, -0.1) is 0 Å². The number of pyridine rings is 3. The summed E-state index contributed by atoms with van der Waals surface area (Å²) in [5.74, 6) is 0.394. The van der Waals surface area contributed by atoms with Gasteiger partial charge in [0.25, 0.3) is 0 Å². The summed E-state index contributed by atoms with van der Waals surface area (Å²) in [6, 6.07) is 55.6. The lowest BCUT2D eigenvalue weighted by atomic mass is 9.82. The van der Waals surface area contributed by atoms with Crippen molar-refractivity contribution in [3.63, 3.8) is 0 Å². The molecule has 266 valence electrons. The Labute approximate surface area is 329 Å². The molecule has 1 aliphatic rings. The highest BCUT2D eigenvalue weighted by atomic mass is 14.7. The van der Waals surface area contributed by atoms with Crippen LogP contribution in [0.15, 0.2) is 170 Å². The zero-order chi connectivity index (χ0) is 37.6. The van der Waals surface area contributed by atoms with Gasteiger partial charge in [-0.25, -0.2) is 4.98 Å². The van der Waals surface area contributed by atoms with Gasteiger partial charge in [0.05, 0.1) is 22.4 Å². The molecule has 0 saturated heterocycles. The van der Waals surface area contributed by atoms with Crippen molar-refractivity contribution in [2.45, 2.75) is 19.3 Å². The van der Waals surface area contributed by atoms with Crippen LogP contribution in [0, 0.1) is 0 Å². The van der Waals surface area contributed by atoms with E-state index in [1.54, 1.807) is 0 Å². The molecular formula is C54H35N3. The molecule has 0 spiro atoms. The van der Waals surface area contributed by atoms with E-state index in [9.17, 15) is 0 Å². The summed E-state index contributed by atoms with van der Waals surface area (Å²) >= 11 is 0. The lowest BCUT2D eigenvalue weighted by Gasteiger charge is -2.24. The topological polar surface area (TPSA) is 38.7 Å². The number of fused-ring (bicyclic) bond motifs is 14. The maximum absolute atomic E-state index is 5.46. The van der Waals surface area contributed by atoms with Crippen molar-refractivity contribution in [3.8, 4) is 33.5 Å². The first-order valence-electron chi connectivity index (χ1n) is 19.8. The lowest BCUT2D eigenvalue weighted by Crippen LogP contribution is -2.06. The van der Waals surface area contributed by atoms with Crippen LogP contribution in [0.1, 0.15) is 30.5 Å². The fourth-order valence-corrected chi connectivity index (χ4v) is 9.61. The summed E-state index contributed by atoms with van der Waals surface area (Å²) in [6.45, 7) is 2.34. The smallest absolute Gasteiger partial charge is 0.0970 e. The molecule has 57 heavy (non-hydrogen) atoms. The SMILES string of the molecule is CC1CC=Cc2nc(-c3ccc(-c4ccc5ccc6cc(-c7cc8cccnc8c8ncccc78)ccc6c5c4)cc3)c3c4ccccc4c4ccccc4c3c21. The minimum Gasteiger partial charge on any atom is -0.254 e. The molecule has 3 heteroatoms. The Kier molecular flexibility index (Phi) is 6.97. The second-order valence-corrected chi connectivity index (χ2v) is 15.6. The number of nitrogens with zero attached hydrogens (tertiary/aromatic N) is 3. The van der Waals surface area contributed by atoms with Gasteiger partial charge in [-0.2, -0.15) is 0 Å². The Balaban J connectivity index is 0.987. The first-order valence-corrected chi connectivity index (χ1v) is 19.8. The fourth-order valence-electron chi connectivity index (χ4n) is 9.61. The third kappa shape index (κ3) is 4.89. The summed E-state index contributed by atoms with van der Waals surface area (Å²) in [6.07, 6.45) is 9.24. The Morgan fingerprint density at radius 1 is 0.456 bits per heavy atom. The van der Waals surface area contributed by atoms with Crippen LogP contribution in [-0.4, -0.2) is 15.0 Å². The third-order valence-electron chi connectivity index (χ3n) is 12.3. The second-order valence-electron chi connectivity index (χ2n) is 15.6. The molecule has 0 amide bonds. The second kappa shape index (κ2) is 12.4. The Morgan fingerprint density at radius 3 is 1.93 bits per heavy atom. The van der Waals surface area contributed by atoms with Crippen molar-refractivity contribution in [1.29, 1.82) is 0 Å². The zero-order valence-electron chi connectivity index (χ0n) is 31.4.